The Labute approximate surface area is 195 Å². The second-order valence-corrected chi connectivity index (χ2v) is 6.72. The molecule has 6 nitrogen and oxygen atoms in total. The van der Waals surface area contributed by atoms with Crippen LogP contribution in [0.1, 0.15) is 29.2 Å². The fourth-order valence-electron chi connectivity index (χ4n) is 3.15. The normalized spacial score (nSPS) is 11.1. The molecule has 0 bridgehead atoms. The third-order valence-corrected chi connectivity index (χ3v) is 4.63. The SMILES string of the molecule is CCNC(=NCc1ccccc1COC)NCc1ccccc1Cn1cccn1.I. The summed E-state index contributed by atoms with van der Waals surface area (Å²) in [6.45, 7) is 5.52. The van der Waals surface area contributed by atoms with Crippen molar-refractivity contribution >= 4 is 29.9 Å². The van der Waals surface area contributed by atoms with Gasteiger partial charge in [-0.25, -0.2) is 4.99 Å². The van der Waals surface area contributed by atoms with Crippen LogP contribution < -0.4 is 10.6 Å². The number of hydrogen-bond donors (Lipinski definition) is 2. The molecular formula is C23H30IN5O. The zero-order valence-corrected chi connectivity index (χ0v) is 19.9. The number of hydrogen-bond acceptors (Lipinski definition) is 3. The van der Waals surface area contributed by atoms with Crippen LogP contribution in [-0.2, 0) is 31.0 Å². The molecule has 3 rings (SSSR count). The van der Waals surface area contributed by atoms with Crippen LogP contribution >= 0.6 is 24.0 Å². The van der Waals surface area contributed by atoms with E-state index >= 15 is 0 Å². The molecule has 0 unspecified atom stereocenters. The number of rotatable bonds is 9. The van der Waals surface area contributed by atoms with Crippen LogP contribution in [0.2, 0.25) is 0 Å². The predicted octanol–water partition coefficient (Wildman–Crippen LogP) is 3.95. The highest BCUT2D eigenvalue weighted by molar-refractivity contribution is 14.0. The average Bonchev–Trinajstić information content (AvgIpc) is 3.25. The molecule has 2 aromatic carbocycles. The van der Waals surface area contributed by atoms with Crippen LogP contribution in [0, 0.1) is 0 Å². The summed E-state index contributed by atoms with van der Waals surface area (Å²) in [7, 11) is 1.71. The Hall–Kier alpha value is -2.39. The topological polar surface area (TPSA) is 63.5 Å². The fraction of sp³-hybridized carbons (Fsp3) is 0.304. The number of halogens is 1. The van der Waals surface area contributed by atoms with E-state index in [9.17, 15) is 0 Å². The standard InChI is InChI=1S/C23H29N5O.HI/c1-3-24-23(26-16-20-10-5-7-12-22(20)18-29-2)25-15-19-9-4-6-11-21(19)17-28-14-8-13-27-28;/h4-14H,3,15-18H2,1-2H3,(H2,24,25,26);1H. The van der Waals surface area contributed by atoms with Crippen molar-refractivity contribution in [3.05, 3.63) is 89.2 Å². The van der Waals surface area contributed by atoms with Crippen LogP contribution in [0.15, 0.2) is 72.0 Å². The molecule has 2 N–H and O–H groups in total. The Bertz CT molecular complexity index is 911. The Kier molecular flexibility index (Phi) is 10.4. The van der Waals surface area contributed by atoms with E-state index in [1.54, 1.807) is 13.3 Å². The van der Waals surface area contributed by atoms with Gasteiger partial charge < -0.3 is 15.4 Å². The van der Waals surface area contributed by atoms with Crippen molar-refractivity contribution in [3.8, 4) is 0 Å². The van der Waals surface area contributed by atoms with Gasteiger partial charge in [0.05, 0.1) is 19.7 Å². The fourth-order valence-corrected chi connectivity index (χ4v) is 3.15. The van der Waals surface area contributed by atoms with E-state index in [-0.39, 0.29) is 24.0 Å². The molecule has 1 heterocycles. The Morgan fingerprint density at radius 3 is 2.33 bits per heavy atom. The van der Waals surface area contributed by atoms with Gasteiger partial charge >= 0.3 is 0 Å². The maximum Gasteiger partial charge on any atom is 0.191 e. The lowest BCUT2D eigenvalue weighted by molar-refractivity contribution is 0.184. The predicted molar refractivity (Wildman–Crippen MR) is 132 cm³/mol. The lowest BCUT2D eigenvalue weighted by Crippen LogP contribution is -2.37. The minimum absolute atomic E-state index is 0. The minimum atomic E-state index is 0. The van der Waals surface area contributed by atoms with E-state index in [0.29, 0.717) is 19.7 Å². The van der Waals surface area contributed by atoms with Crippen molar-refractivity contribution in [3.63, 3.8) is 0 Å². The highest BCUT2D eigenvalue weighted by Gasteiger charge is 2.06. The molecule has 0 radical (unpaired) electrons. The molecule has 0 saturated carbocycles. The lowest BCUT2D eigenvalue weighted by atomic mass is 10.1. The van der Waals surface area contributed by atoms with Crippen molar-refractivity contribution in [2.45, 2.75) is 33.2 Å². The van der Waals surface area contributed by atoms with Crippen LogP contribution in [0.5, 0.6) is 0 Å². The number of benzene rings is 2. The molecule has 0 aliphatic rings. The number of aromatic nitrogens is 2. The van der Waals surface area contributed by atoms with Gasteiger partial charge in [0, 0.05) is 32.6 Å². The van der Waals surface area contributed by atoms with Crippen molar-refractivity contribution < 1.29 is 4.74 Å². The van der Waals surface area contributed by atoms with Crippen LogP contribution in [0.25, 0.3) is 0 Å². The third kappa shape index (κ3) is 7.14. The summed E-state index contributed by atoms with van der Waals surface area (Å²) in [6.07, 6.45) is 3.78. The first-order chi connectivity index (χ1) is 14.3. The van der Waals surface area contributed by atoms with Gasteiger partial charge in [0.25, 0.3) is 0 Å². The molecular weight excluding hydrogens is 489 g/mol. The molecule has 0 spiro atoms. The molecule has 0 atom stereocenters. The molecule has 160 valence electrons. The highest BCUT2D eigenvalue weighted by atomic mass is 127. The number of nitrogens with one attached hydrogen (secondary N) is 2. The van der Waals surface area contributed by atoms with Crippen molar-refractivity contribution in [1.82, 2.24) is 20.4 Å². The van der Waals surface area contributed by atoms with E-state index in [1.165, 1.54) is 22.3 Å². The summed E-state index contributed by atoms with van der Waals surface area (Å²) in [4.78, 5) is 4.77. The third-order valence-electron chi connectivity index (χ3n) is 4.63. The van der Waals surface area contributed by atoms with Gasteiger partial charge in [-0.2, -0.15) is 5.10 Å². The van der Waals surface area contributed by atoms with Gasteiger partial charge in [0.15, 0.2) is 5.96 Å². The summed E-state index contributed by atoms with van der Waals surface area (Å²) in [5, 5.41) is 11.1. The summed E-state index contributed by atoms with van der Waals surface area (Å²) in [5.74, 6) is 0.800. The molecule has 0 aliphatic carbocycles. The minimum Gasteiger partial charge on any atom is -0.380 e. The lowest BCUT2D eigenvalue weighted by Gasteiger charge is -2.15. The summed E-state index contributed by atoms with van der Waals surface area (Å²) < 4.78 is 7.23. The largest absolute Gasteiger partial charge is 0.380 e. The van der Waals surface area contributed by atoms with Gasteiger partial charge in [-0.05, 0) is 35.2 Å². The summed E-state index contributed by atoms with van der Waals surface area (Å²) in [6, 6.07) is 18.6. The summed E-state index contributed by atoms with van der Waals surface area (Å²) >= 11 is 0. The zero-order chi connectivity index (χ0) is 20.3. The van der Waals surface area contributed by atoms with Gasteiger partial charge in [0.2, 0.25) is 0 Å². The van der Waals surface area contributed by atoms with Gasteiger partial charge in [-0.1, -0.05) is 48.5 Å². The zero-order valence-electron chi connectivity index (χ0n) is 17.5. The first-order valence-corrected chi connectivity index (χ1v) is 9.92. The van der Waals surface area contributed by atoms with Crippen molar-refractivity contribution in [2.24, 2.45) is 4.99 Å². The van der Waals surface area contributed by atoms with Gasteiger partial charge in [0.1, 0.15) is 0 Å². The average molecular weight is 519 g/mol. The van der Waals surface area contributed by atoms with Gasteiger partial charge in [-0.15, -0.1) is 24.0 Å². The number of aliphatic imine (C=N–C) groups is 1. The van der Waals surface area contributed by atoms with Crippen LogP contribution in [-0.4, -0.2) is 29.4 Å². The molecule has 30 heavy (non-hydrogen) atoms. The Balaban J connectivity index is 0.00000320. The number of ether oxygens (including phenoxy) is 1. The maximum absolute atomic E-state index is 5.30. The summed E-state index contributed by atoms with van der Waals surface area (Å²) in [5.41, 5.74) is 4.81. The van der Waals surface area contributed by atoms with E-state index in [1.807, 2.05) is 29.1 Å². The molecule has 1 aromatic heterocycles. The smallest absolute Gasteiger partial charge is 0.191 e. The van der Waals surface area contributed by atoms with Gasteiger partial charge in [-0.3, -0.25) is 4.68 Å². The van der Waals surface area contributed by atoms with Crippen molar-refractivity contribution in [2.75, 3.05) is 13.7 Å². The van der Waals surface area contributed by atoms with E-state index < -0.39 is 0 Å². The van der Waals surface area contributed by atoms with E-state index in [4.69, 9.17) is 9.73 Å². The molecule has 0 saturated heterocycles. The quantitative estimate of drug-likeness (QED) is 0.255. The van der Waals surface area contributed by atoms with E-state index in [2.05, 4.69) is 59.1 Å². The number of nitrogens with zero attached hydrogens (tertiary/aromatic N) is 3. The highest BCUT2D eigenvalue weighted by Crippen LogP contribution is 2.12. The van der Waals surface area contributed by atoms with Crippen molar-refractivity contribution in [1.29, 1.82) is 0 Å². The molecule has 3 aromatic rings. The molecule has 0 aliphatic heterocycles. The second kappa shape index (κ2) is 13.0. The van der Waals surface area contributed by atoms with Crippen LogP contribution in [0.3, 0.4) is 0 Å². The molecule has 7 heteroatoms. The van der Waals surface area contributed by atoms with E-state index in [0.717, 1.165) is 19.0 Å². The Morgan fingerprint density at radius 2 is 1.67 bits per heavy atom. The van der Waals surface area contributed by atoms with Crippen LogP contribution in [0.4, 0.5) is 0 Å². The number of methoxy groups -OCH3 is 1. The second-order valence-electron chi connectivity index (χ2n) is 6.72. The monoisotopic (exact) mass is 519 g/mol. The Morgan fingerprint density at radius 1 is 0.967 bits per heavy atom. The first kappa shape index (κ1) is 23.9. The molecule has 0 fully saturated rings. The molecule has 0 amide bonds. The maximum atomic E-state index is 5.30. The number of guanidine groups is 1. The first-order valence-electron chi connectivity index (χ1n) is 9.92.